The smallest absolute Gasteiger partial charge is 0.319 e. The average molecular weight is 420 g/mol. The van der Waals surface area contributed by atoms with E-state index in [4.69, 9.17) is 11.6 Å². The summed E-state index contributed by atoms with van der Waals surface area (Å²) in [6, 6.07) is 9.51. The van der Waals surface area contributed by atoms with Gasteiger partial charge in [0, 0.05) is 37.1 Å². The van der Waals surface area contributed by atoms with Crippen molar-refractivity contribution in [2.75, 3.05) is 33.7 Å². The average Bonchev–Trinajstić information content (AvgIpc) is 3.15. The zero-order valence-corrected chi connectivity index (χ0v) is 18.1. The van der Waals surface area contributed by atoms with Gasteiger partial charge in [-0.05, 0) is 47.5 Å². The quantitative estimate of drug-likeness (QED) is 0.726. The standard InChI is InChI=1S/C21H26ClN3O2S/c1-4-11-24(21(27)23(2)3)14-19(26)25-12-9-18-17(10-13-28-18)20(25)15-5-7-16(22)8-6-15/h5-8,10,13,20H,4,9,11-12,14H2,1-3H3/t20-/m0/s1. The zero-order valence-electron chi connectivity index (χ0n) is 16.5. The Hall–Kier alpha value is -2.05. The molecular formula is C21H26ClN3O2S. The van der Waals surface area contributed by atoms with E-state index in [9.17, 15) is 9.59 Å². The van der Waals surface area contributed by atoms with Crippen LogP contribution in [0, 0.1) is 0 Å². The van der Waals surface area contributed by atoms with Gasteiger partial charge in [-0.25, -0.2) is 4.79 Å². The second-order valence-electron chi connectivity index (χ2n) is 7.19. The SMILES string of the molecule is CCCN(CC(=O)N1CCc2sccc2[C@@H]1c1ccc(Cl)cc1)C(=O)N(C)C. The van der Waals surface area contributed by atoms with Crippen molar-refractivity contribution in [3.8, 4) is 0 Å². The molecule has 0 radical (unpaired) electrons. The second-order valence-corrected chi connectivity index (χ2v) is 8.63. The molecule has 1 aliphatic heterocycles. The summed E-state index contributed by atoms with van der Waals surface area (Å²) < 4.78 is 0. The fraction of sp³-hybridized carbons (Fsp3) is 0.429. The van der Waals surface area contributed by atoms with Crippen LogP contribution < -0.4 is 0 Å². The summed E-state index contributed by atoms with van der Waals surface area (Å²) in [5.41, 5.74) is 2.21. The molecule has 0 saturated heterocycles. The number of urea groups is 1. The van der Waals surface area contributed by atoms with Gasteiger partial charge in [0.15, 0.2) is 0 Å². The summed E-state index contributed by atoms with van der Waals surface area (Å²) in [7, 11) is 3.43. The van der Waals surface area contributed by atoms with Gasteiger partial charge in [-0.1, -0.05) is 30.7 Å². The molecule has 0 bridgehead atoms. The van der Waals surface area contributed by atoms with Crippen molar-refractivity contribution >= 4 is 34.9 Å². The highest BCUT2D eigenvalue weighted by Gasteiger charge is 2.34. The Kier molecular flexibility index (Phi) is 6.62. The third-order valence-corrected chi connectivity index (χ3v) is 6.19. The number of carbonyl (C=O) groups excluding carboxylic acids is 2. The first-order valence-electron chi connectivity index (χ1n) is 9.49. The molecule has 150 valence electrons. The molecule has 7 heteroatoms. The Bertz CT molecular complexity index is 834. The summed E-state index contributed by atoms with van der Waals surface area (Å²) in [5, 5.41) is 2.76. The number of hydrogen-bond acceptors (Lipinski definition) is 3. The predicted octanol–water partition coefficient (Wildman–Crippen LogP) is 4.27. The van der Waals surface area contributed by atoms with Gasteiger partial charge in [0.05, 0.1) is 6.04 Å². The minimum absolute atomic E-state index is 0.0274. The van der Waals surface area contributed by atoms with Crippen molar-refractivity contribution in [1.29, 1.82) is 0 Å². The van der Waals surface area contributed by atoms with E-state index in [1.54, 1.807) is 30.3 Å². The van der Waals surface area contributed by atoms with Crippen molar-refractivity contribution in [2.24, 2.45) is 0 Å². The van der Waals surface area contributed by atoms with Gasteiger partial charge in [-0.2, -0.15) is 0 Å². The minimum atomic E-state index is -0.141. The van der Waals surface area contributed by atoms with Crippen molar-refractivity contribution in [3.05, 3.63) is 56.7 Å². The number of amides is 3. The maximum absolute atomic E-state index is 13.3. The largest absolute Gasteiger partial charge is 0.331 e. The highest BCUT2D eigenvalue weighted by molar-refractivity contribution is 7.10. The highest BCUT2D eigenvalue weighted by Crippen LogP contribution is 2.38. The van der Waals surface area contributed by atoms with E-state index >= 15 is 0 Å². The number of fused-ring (bicyclic) bond motifs is 1. The van der Waals surface area contributed by atoms with Crippen molar-refractivity contribution in [3.63, 3.8) is 0 Å². The Balaban J connectivity index is 1.89. The van der Waals surface area contributed by atoms with Crippen LogP contribution in [0.1, 0.15) is 35.4 Å². The molecule has 2 heterocycles. The Morgan fingerprint density at radius 3 is 2.57 bits per heavy atom. The van der Waals surface area contributed by atoms with Crippen molar-refractivity contribution in [2.45, 2.75) is 25.8 Å². The topological polar surface area (TPSA) is 43.9 Å². The van der Waals surface area contributed by atoms with Gasteiger partial charge in [0.2, 0.25) is 5.91 Å². The summed E-state index contributed by atoms with van der Waals surface area (Å²) in [6.07, 6.45) is 1.65. The predicted molar refractivity (Wildman–Crippen MR) is 114 cm³/mol. The van der Waals surface area contributed by atoms with Crippen molar-refractivity contribution in [1.82, 2.24) is 14.7 Å². The molecule has 1 aliphatic rings. The van der Waals surface area contributed by atoms with Crippen molar-refractivity contribution < 1.29 is 9.59 Å². The van der Waals surface area contributed by atoms with Crippen LogP contribution in [0.5, 0.6) is 0 Å². The number of thiophene rings is 1. The fourth-order valence-corrected chi connectivity index (χ4v) is 4.67. The van der Waals surface area contributed by atoms with Crippen LogP contribution in [-0.4, -0.2) is 60.4 Å². The third-order valence-electron chi connectivity index (χ3n) is 4.94. The van der Waals surface area contributed by atoms with Crippen LogP contribution in [0.25, 0.3) is 0 Å². The van der Waals surface area contributed by atoms with Crippen LogP contribution in [0.3, 0.4) is 0 Å². The molecule has 0 fully saturated rings. The second kappa shape index (κ2) is 8.97. The summed E-state index contributed by atoms with van der Waals surface area (Å²) >= 11 is 7.81. The van der Waals surface area contributed by atoms with E-state index in [1.165, 1.54) is 15.3 Å². The highest BCUT2D eigenvalue weighted by atomic mass is 35.5. The number of rotatable bonds is 5. The molecule has 5 nitrogen and oxygen atoms in total. The molecule has 2 aromatic rings. The van der Waals surface area contributed by atoms with E-state index in [1.807, 2.05) is 36.1 Å². The van der Waals surface area contributed by atoms with Gasteiger partial charge in [0.1, 0.15) is 6.54 Å². The molecular weight excluding hydrogens is 394 g/mol. The molecule has 0 unspecified atom stereocenters. The fourth-order valence-electron chi connectivity index (χ4n) is 3.64. The number of benzene rings is 1. The molecule has 0 saturated carbocycles. The maximum atomic E-state index is 13.3. The lowest BCUT2D eigenvalue weighted by atomic mass is 9.93. The van der Waals surface area contributed by atoms with Gasteiger partial charge in [0.25, 0.3) is 0 Å². The molecule has 3 rings (SSSR count). The first-order chi connectivity index (χ1) is 13.4. The van der Waals surface area contributed by atoms with E-state index in [0.717, 1.165) is 18.4 Å². The lowest BCUT2D eigenvalue weighted by molar-refractivity contribution is -0.134. The Morgan fingerprint density at radius 2 is 1.93 bits per heavy atom. The summed E-state index contributed by atoms with van der Waals surface area (Å²) in [6.45, 7) is 3.31. The number of carbonyl (C=O) groups is 2. The van der Waals surface area contributed by atoms with E-state index < -0.39 is 0 Å². The summed E-state index contributed by atoms with van der Waals surface area (Å²) in [5.74, 6) is -0.0274. The van der Waals surface area contributed by atoms with Crippen LogP contribution in [-0.2, 0) is 11.2 Å². The lowest BCUT2D eigenvalue weighted by Crippen LogP contribution is -2.49. The third kappa shape index (κ3) is 4.33. The Morgan fingerprint density at radius 1 is 1.21 bits per heavy atom. The normalized spacial score (nSPS) is 15.9. The first kappa shape index (κ1) is 20.7. The van der Waals surface area contributed by atoms with Crippen LogP contribution in [0.15, 0.2) is 35.7 Å². The summed E-state index contributed by atoms with van der Waals surface area (Å²) in [4.78, 5) is 32.1. The van der Waals surface area contributed by atoms with E-state index in [0.29, 0.717) is 18.1 Å². The van der Waals surface area contributed by atoms with Gasteiger partial charge in [-0.3, -0.25) is 4.79 Å². The van der Waals surface area contributed by atoms with Gasteiger partial charge >= 0.3 is 6.03 Å². The minimum Gasteiger partial charge on any atom is -0.331 e. The lowest BCUT2D eigenvalue weighted by Gasteiger charge is -2.38. The number of hydrogen-bond donors (Lipinski definition) is 0. The molecule has 0 spiro atoms. The van der Waals surface area contributed by atoms with Gasteiger partial charge in [-0.15, -0.1) is 11.3 Å². The Labute approximate surface area is 175 Å². The monoisotopic (exact) mass is 419 g/mol. The van der Waals surface area contributed by atoms with Gasteiger partial charge < -0.3 is 14.7 Å². The zero-order chi connectivity index (χ0) is 20.3. The molecule has 1 aromatic heterocycles. The molecule has 28 heavy (non-hydrogen) atoms. The first-order valence-corrected chi connectivity index (χ1v) is 10.8. The van der Waals surface area contributed by atoms with Crippen LogP contribution >= 0.6 is 22.9 Å². The molecule has 0 aliphatic carbocycles. The maximum Gasteiger partial charge on any atom is 0.319 e. The molecule has 0 N–H and O–H groups in total. The van der Waals surface area contributed by atoms with E-state index in [-0.39, 0.29) is 24.5 Å². The molecule has 1 aromatic carbocycles. The molecule has 3 amide bonds. The van der Waals surface area contributed by atoms with E-state index in [2.05, 4.69) is 11.4 Å². The number of nitrogens with zero attached hydrogens (tertiary/aromatic N) is 3. The number of halogens is 1. The molecule has 1 atom stereocenters. The van der Waals surface area contributed by atoms with Crippen LogP contribution in [0.2, 0.25) is 5.02 Å². The van der Waals surface area contributed by atoms with Crippen LogP contribution in [0.4, 0.5) is 4.79 Å².